The summed E-state index contributed by atoms with van der Waals surface area (Å²) >= 11 is 3.39. The van der Waals surface area contributed by atoms with Crippen molar-refractivity contribution in [2.24, 2.45) is 5.73 Å². The van der Waals surface area contributed by atoms with Crippen molar-refractivity contribution in [3.05, 3.63) is 69.9 Å². The van der Waals surface area contributed by atoms with Crippen LogP contribution in [0.15, 0.2) is 53.0 Å². The molecule has 0 saturated heterocycles. The molecule has 2 aromatic carbocycles. The van der Waals surface area contributed by atoms with E-state index >= 15 is 0 Å². The Balaban J connectivity index is 2.10. The molecule has 0 fully saturated rings. The first-order valence-corrected chi connectivity index (χ1v) is 7.11. The van der Waals surface area contributed by atoms with Crippen molar-refractivity contribution < 1.29 is 4.39 Å². The van der Waals surface area contributed by atoms with Gasteiger partial charge in [-0.25, -0.2) is 4.39 Å². The van der Waals surface area contributed by atoms with Crippen molar-refractivity contribution in [2.75, 3.05) is 0 Å². The Morgan fingerprint density at radius 1 is 1.16 bits per heavy atom. The number of benzene rings is 2. The Labute approximate surface area is 121 Å². The molecular weight excluding hydrogens is 305 g/mol. The molecule has 0 aliphatic heterocycles. The van der Waals surface area contributed by atoms with E-state index in [1.54, 1.807) is 6.07 Å². The fourth-order valence-electron chi connectivity index (χ4n) is 2.12. The van der Waals surface area contributed by atoms with Crippen molar-refractivity contribution in [3.63, 3.8) is 0 Å². The van der Waals surface area contributed by atoms with E-state index in [1.165, 1.54) is 17.7 Å². The Hall–Kier alpha value is -1.19. The van der Waals surface area contributed by atoms with Gasteiger partial charge in [-0.15, -0.1) is 0 Å². The molecule has 2 N–H and O–H groups in total. The smallest absolute Gasteiger partial charge is 0.124 e. The molecule has 0 bridgehead atoms. The third-order valence-electron chi connectivity index (χ3n) is 3.44. The average molecular weight is 322 g/mol. The first-order chi connectivity index (χ1) is 9.08. The van der Waals surface area contributed by atoms with Crippen LogP contribution in [0.4, 0.5) is 4.39 Å². The van der Waals surface area contributed by atoms with Gasteiger partial charge in [0, 0.05) is 10.5 Å². The maximum Gasteiger partial charge on any atom is 0.124 e. The first-order valence-electron chi connectivity index (χ1n) is 6.32. The molecule has 100 valence electrons. The summed E-state index contributed by atoms with van der Waals surface area (Å²) in [6.45, 7) is 2.12. The van der Waals surface area contributed by atoms with Gasteiger partial charge in [0.25, 0.3) is 0 Å². The highest BCUT2D eigenvalue weighted by Crippen LogP contribution is 2.24. The fraction of sp³-hybridized carbons (Fsp3) is 0.250. The van der Waals surface area contributed by atoms with Gasteiger partial charge in [0.2, 0.25) is 0 Å². The van der Waals surface area contributed by atoms with Gasteiger partial charge >= 0.3 is 0 Å². The van der Waals surface area contributed by atoms with E-state index in [2.05, 4.69) is 35.0 Å². The van der Waals surface area contributed by atoms with E-state index in [1.807, 2.05) is 18.2 Å². The topological polar surface area (TPSA) is 26.0 Å². The van der Waals surface area contributed by atoms with Gasteiger partial charge in [0.05, 0.1) is 0 Å². The summed E-state index contributed by atoms with van der Waals surface area (Å²) < 4.78 is 13.8. The number of nitrogens with two attached hydrogens (primary N) is 1. The molecule has 0 spiro atoms. The van der Waals surface area contributed by atoms with E-state index in [0.717, 1.165) is 16.5 Å². The lowest BCUT2D eigenvalue weighted by Gasteiger charge is -2.21. The summed E-state index contributed by atoms with van der Waals surface area (Å²) in [7, 11) is 0. The Kier molecular flexibility index (Phi) is 4.72. The third kappa shape index (κ3) is 3.64. The van der Waals surface area contributed by atoms with Crippen LogP contribution < -0.4 is 5.73 Å². The second kappa shape index (κ2) is 6.31. The molecule has 2 unspecified atom stereocenters. The number of hydrogen-bond acceptors (Lipinski definition) is 1. The summed E-state index contributed by atoms with van der Waals surface area (Å²) in [5.74, 6) is 0.0263. The Bertz CT molecular complexity index is 542. The van der Waals surface area contributed by atoms with E-state index in [4.69, 9.17) is 5.73 Å². The largest absolute Gasteiger partial charge is 0.327 e. The molecule has 0 aliphatic rings. The molecule has 3 heteroatoms. The maximum atomic E-state index is 13.0. The number of halogens is 2. The average Bonchev–Trinajstić information content (AvgIpc) is 2.42. The number of rotatable bonds is 4. The van der Waals surface area contributed by atoms with E-state index in [9.17, 15) is 4.39 Å². The van der Waals surface area contributed by atoms with Crippen molar-refractivity contribution in [3.8, 4) is 0 Å². The van der Waals surface area contributed by atoms with Crippen molar-refractivity contribution in [2.45, 2.75) is 25.3 Å². The summed E-state index contributed by atoms with van der Waals surface area (Å²) in [5.41, 5.74) is 8.54. The standard InChI is InChI=1S/C16H17BrFN/c1-11(12-5-3-2-4-6-12)16(19)9-13-7-8-14(18)10-15(13)17/h2-8,10-11,16H,9,19H2,1H3. The van der Waals surface area contributed by atoms with Gasteiger partial charge in [0.15, 0.2) is 0 Å². The highest BCUT2D eigenvalue weighted by atomic mass is 79.9. The van der Waals surface area contributed by atoms with E-state index in [0.29, 0.717) is 0 Å². The zero-order chi connectivity index (χ0) is 13.8. The van der Waals surface area contributed by atoms with Gasteiger partial charge in [-0.2, -0.15) is 0 Å². The van der Waals surface area contributed by atoms with Crippen LogP contribution in [0.25, 0.3) is 0 Å². The Morgan fingerprint density at radius 3 is 2.47 bits per heavy atom. The predicted molar refractivity (Wildman–Crippen MR) is 80.6 cm³/mol. The van der Waals surface area contributed by atoms with E-state index < -0.39 is 0 Å². The lowest BCUT2D eigenvalue weighted by molar-refractivity contribution is 0.561. The van der Waals surface area contributed by atoms with Crippen LogP contribution in [0.3, 0.4) is 0 Å². The van der Waals surface area contributed by atoms with Gasteiger partial charge in [-0.1, -0.05) is 59.3 Å². The summed E-state index contributed by atoms with van der Waals surface area (Å²) in [4.78, 5) is 0. The molecule has 0 heterocycles. The molecular formula is C16H17BrFN. The van der Waals surface area contributed by atoms with Crippen LogP contribution in [0.2, 0.25) is 0 Å². The van der Waals surface area contributed by atoms with E-state index in [-0.39, 0.29) is 17.8 Å². The second-order valence-electron chi connectivity index (χ2n) is 4.80. The lowest BCUT2D eigenvalue weighted by Crippen LogP contribution is -2.29. The highest BCUT2D eigenvalue weighted by molar-refractivity contribution is 9.10. The first kappa shape index (κ1) is 14.2. The summed E-state index contributed by atoms with van der Waals surface area (Å²) in [5, 5.41) is 0. The monoisotopic (exact) mass is 321 g/mol. The second-order valence-corrected chi connectivity index (χ2v) is 5.66. The van der Waals surface area contributed by atoms with Crippen molar-refractivity contribution in [1.29, 1.82) is 0 Å². The minimum Gasteiger partial charge on any atom is -0.327 e. The molecule has 0 radical (unpaired) electrons. The van der Waals surface area contributed by atoms with Gasteiger partial charge in [0.1, 0.15) is 5.82 Å². The van der Waals surface area contributed by atoms with Crippen LogP contribution in [0.5, 0.6) is 0 Å². The fourth-order valence-corrected chi connectivity index (χ4v) is 2.63. The molecule has 0 saturated carbocycles. The lowest BCUT2D eigenvalue weighted by atomic mass is 9.90. The van der Waals surface area contributed by atoms with Crippen LogP contribution >= 0.6 is 15.9 Å². The maximum absolute atomic E-state index is 13.0. The number of hydrogen-bond donors (Lipinski definition) is 1. The molecule has 1 nitrogen and oxygen atoms in total. The van der Waals surface area contributed by atoms with Crippen LogP contribution in [-0.4, -0.2) is 6.04 Å². The van der Waals surface area contributed by atoms with Crippen LogP contribution in [-0.2, 0) is 6.42 Å². The molecule has 19 heavy (non-hydrogen) atoms. The highest BCUT2D eigenvalue weighted by Gasteiger charge is 2.16. The molecule has 0 aromatic heterocycles. The molecule has 2 rings (SSSR count). The van der Waals surface area contributed by atoms with Gasteiger partial charge < -0.3 is 5.73 Å². The molecule has 0 amide bonds. The summed E-state index contributed by atoms with van der Waals surface area (Å²) in [6.07, 6.45) is 0.719. The zero-order valence-corrected chi connectivity index (χ0v) is 12.4. The van der Waals surface area contributed by atoms with Gasteiger partial charge in [-0.05, 0) is 35.6 Å². The van der Waals surface area contributed by atoms with Gasteiger partial charge in [-0.3, -0.25) is 0 Å². The predicted octanol–water partition coefficient (Wildman–Crippen LogP) is 4.26. The molecule has 0 aliphatic carbocycles. The minimum atomic E-state index is -0.236. The third-order valence-corrected chi connectivity index (χ3v) is 4.18. The Morgan fingerprint density at radius 2 is 1.84 bits per heavy atom. The quantitative estimate of drug-likeness (QED) is 0.894. The van der Waals surface area contributed by atoms with Crippen molar-refractivity contribution >= 4 is 15.9 Å². The zero-order valence-electron chi connectivity index (χ0n) is 10.8. The van der Waals surface area contributed by atoms with Crippen LogP contribution in [0, 0.1) is 5.82 Å². The SMILES string of the molecule is CC(c1ccccc1)C(N)Cc1ccc(F)cc1Br. The minimum absolute atomic E-state index is 0.00385. The molecule has 2 aromatic rings. The van der Waals surface area contributed by atoms with Crippen LogP contribution in [0.1, 0.15) is 24.0 Å². The normalized spacial score (nSPS) is 14.1. The summed E-state index contributed by atoms with van der Waals surface area (Å²) in [6, 6.07) is 15.0. The van der Waals surface area contributed by atoms with Crippen molar-refractivity contribution in [1.82, 2.24) is 0 Å². The molecule has 2 atom stereocenters.